The quantitative estimate of drug-likeness (QED) is 0.505. The predicted molar refractivity (Wildman–Crippen MR) is 34.8 cm³/mol. The first-order valence-corrected chi connectivity index (χ1v) is 3.21. The molecule has 1 rings (SSSR count). The van der Waals surface area contributed by atoms with Crippen molar-refractivity contribution >= 4 is 5.91 Å². The van der Waals surface area contributed by atoms with Gasteiger partial charge in [0.05, 0.1) is 0 Å². The van der Waals surface area contributed by atoms with E-state index >= 15 is 0 Å². The molecular formula is C6H12N2O. The molecule has 1 amide bonds. The summed E-state index contributed by atoms with van der Waals surface area (Å²) >= 11 is 0. The summed E-state index contributed by atoms with van der Waals surface area (Å²) in [5, 5.41) is 2.79. The van der Waals surface area contributed by atoms with Crippen molar-refractivity contribution in [2.75, 3.05) is 0 Å². The monoisotopic (exact) mass is 128 g/mol. The molecule has 3 heteroatoms. The molecule has 0 aromatic heterocycles. The minimum absolute atomic E-state index is 0.0481. The van der Waals surface area contributed by atoms with E-state index in [4.69, 9.17) is 5.73 Å². The lowest BCUT2D eigenvalue weighted by atomic mass is 9.88. The van der Waals surface area contributed by atoms with Crippen LogP contribution >= 0.6 is 0 Å². The molecule has 1 fully saturated rings. The largest absolute Gasteiger partial charge is 0.353 e. The Morgan fingerprint density at radius 3 is 2.56 bits per heavy atom. The summed E-state index contributed by atoms with van der Waals surface area (Å²) in [5.74, 6) is 0.0481. The minimum Gasteiger partial charge on any atom is -0.353 e. The number of nitrogens with one attached hydrogen (secondary N) is 1. The van der Waals surface area contributed by atoms with Gasteiger partial charge in [0.25, 0.3) is 0 Å². The lowest BCUT2D eigenvalue weighted by Crippen LogP contribution is -2.49. The summed E-state index contributed by atoms with van der Waals surface area (Å²) in [6.45, 7) is 1.53. The molecule has 52 valence electrons. The zero-order chi connectivity index (χ0) is 6.85. The Morgan fingerprint density at radius 1 is 1.67 bits per heavy atom. The number of carbonyl (C=O) groups excluding carboxylic acids is 1. The second kappa shape index (κ2) is 2.35. The van der Waals surface area contributed by atoms with Crippen molar-refractivity contribution in [3.8, 4) is 0 Å². The van der Waals surface area contributed by atoms with Gasteiger partial charge in [0.15, 0.2) is 0 Å². The van der Waals surface area contributed by atoms with Gasteiger partial charge in [-0.05, 0) is 12.8 Å². The number of rotatable bonds is 1. The van der Waals surface area contributed by atoms with E-state index in [0.29, 0.717) is 12.1 Å². The standard InChI is InChI=1S/C6H12N2O/c1-4(9)8-6-2-5(7)3-6/h5-6H,2-3,7H2,1H3,(H,8,9). The summed E-state index contributed by atoms with van der Waals surface area (Å²) in [7, 11) is 0. The van der Waals surface area contributed by atoms with Crippen LogP contribution in [0.3, 0.4) is 0 Å². The number of carbonyl (C=O) groups is 1. The molecule has 1 aliphatic rings. The number of hydrogen-bond acceptors (Lipinski definition) is 2. The van der Waals surface area contributed by atoms with Crippen LogP contribution in [0.2, 0.25) is 0 Å². The van der Waals surface area contributed by atoms with Crippen molar-refractivity contribution in [1.82, 2.24) is 5.32 Å². The van der Waals surface area contributed by atoms with E-state index in [2.05, 4.69) is 5.32 Å². The van der Waals surface area contributed by atoms with E-state index in [9.17, 15) is 4.79 Å². The molecule has 1 saturated carbocycles. The van der Waals surface area contributed by atoms with Crippen LogP contribution < -0.4 is 11.1 Å². The molecule has 3 nitrogen and oxygen atoms in total. The van der Waals surface area contributed by atoms with Crippen molar-refractivity contribution in [1.29, 1.82) is 0 Å². The van der Waals surface area contributed by atoms with Gasteiger partial charge in [0, 0.05) is 19.0 Å². The zero-order valence-corrected chi connectivity index (χ0v) is 5.55. The molecule has 0 aliphatic heterocycles. The Bertz CT molecular complexity index is 118. The first kappa shape index (κ1) is 6.55. The zero-order valence-electron chi connectivity index (χ0n) is 5.55. The van der Waals surface area contributed by atoms with Gasteiger partial charge in [0.2, 0.25) is 5.91 Å². The van der Waals surface area contributed by atoms with Crippen molar-refractivity contribution in [3.05, 3.63) is 0 Å². The predicted octanol–water partition coefficient (Wildman–Crippen LogP) is -0.388. The minimum atomic E-state index is 0.0481. The van der Waals surface area contributed by atoms with Gasteiger partial charge in [-0.25, -0.2) is 0 Å². The summed E-state index contributed by atoms with van der Waals surface area (Å²) in [4.78, 5) is 10.4. The maximum absolute atomic E-state index is 10.4. The average Bonchev–Trinajstić information content (AvgIpc) is 1.60. The van der Waals surface area contributed by atoms with Gasteiger partial charge in [-0.15, -0.1) is 0 Å². The Morgan fingerprint density at radius 2 is 2.22 bits per heavy atom. The number of amides is 1. The molecule has 0 aromatic rings. The molecule has 0 aromatic carbocycles. The SMILES string of the molecule is CC(=O)NC1CC(N)C1. The lowest BCUT2D eigenvalue weighted by Gasteiger charge is -2.32. The normalized spacial score (nSPS) is 33.1. The lowest BCUT2D eigenvalue weighted by molar-refractivity contribution is -0.120. The van der Waals surface area contributed by atoms with Crippen molar-refractivity contribution < 1.29 is 4.79 Å². The van der Waals surface area contributed by atoms with Gasteiger partial charge >= 0.3 is 0 Å². The van der Waals surface area contributed by atoms with E-state index in [0.717, 1.165) is 12.8 Å². The third kappa shape index (κ3) is 1.68. The fraction of sp³-hybridized carbons (Fsp3) is 0.833. The molecule has 1 aliphatic carbocycles. The van der Waals surface area contributed by atoms with E-state index in [1.165, 1.54) is 6.92 Å². The second-order valence-corrected chi connectivity index (χ2v) is 2.63. The van der Waals surface area contributed by atoms with Crippen LogP contribution in [-0.4, -0.2) is 18.0 Å². The average molecular weight is 128 g/mol. The molecule has 0 unspecified atom stereocenters. The van der Waals surface area contributed by atoms with Crippen LogP contribution in [0.15, 0.2) is 0 Å². The van der Waals surface area contributed by atoms with Crippen LogP contribution in [0.1, 0.15) is 19.8 Å². The van der Waals surface area contributed by atoms with Gasteiger partial charge in [-0.3, -0.25) is 4.79 Å². The van der Waals surface area contributed by atoms with E-state index in [-0.39, 0.29) is 5.91 Å². The molecular weight excluding hydrogens is 116 g/mol. The van der Waals surface area contributed by atoms with Gasteiger partial charge in [-0.1, -0.05) is 0 Å². The van der Waals surface area contributed by atoms with Crippen molar-refractivity contribution in [3.63, 3.8) is 0 Å². The van der Waals surface area contributed by atoms with Gasteiger partial charge < -0.3 is 11.1 Å². The fourth-order valence-corrected chi connectivity index (χ4v) is 1.07. The summed E-state index contributed by atoms with van der Waals surface area (Å²) in [6.07, 6.45) is 1.89. The van der Waals surface area contributed by atoms with Crippen LogP contribution in [0.4, 0.5) is 0 Å². The molecule has 3 N–H and O–H groups in total. The molecule has 0 bridgehead atoms. The highest BCUT2D eigenvalue weighted by molar-refractivity contribution is 5.73. The highest BCUT2D eigenvalue weighted by atomic mass is 16.1. The van der Waals surface area contributed by atoms with E-state index in [1.54, 1.807) is 0 Å². The maximum Gasteiger partial charge on any atom is 0.217 e. The smallest absolute Gasteiger partial charge is 0.217 e. The van der Waals surface area contributed by atoms with Crippen LogP contribution in [-0.2, 0) is 4.79 Å². The molecule has 0 atom stereocenters. The van der Waals surface area contributed by atoms with Crippen molar-refractivity contribution in [2.24, 2.45) is 5.73 Å². The summed E-state index contributed by atoms with van der Waals surface area (Å²) in [5.41, 5.74) is 5.49. The Balaban J connectivity index is 2.11. The van der Waals surface area contributed by atoms with Crippen LogP contribution in [0, 0.1) is 0 Å². The molecule has 0 saturated heterocycles. The first-order valence-electron chi connectivity index (χ1n) is 3.21. The third-order valence-electron chi connectivity index (χ3n) is 1.58. The van der Waals surface area contributed by atoms with E-state index in [1.807, 2.05) is 0 Å². The summed E-state index contributed by atoms with van der Waals surface area (Å²) < 4.78 is 0. The van der Waals surface area contributed by atoms with Crippen LogP contribution in [0.5, 0.6) is 0 Å². The Labute approximate surface area is 54.6 Å². The molecule has 0 heterocycles. The number of hydrogen-bond donors (Lipinski definition) is 2. The van der Waals surface area contributed by atoms with Crippen LogP contribution in [0.25, 0.3) is 0 Å². The topological polar surface area (TPSA) is 55.1 Å². The highest BCUT2D eigenvalue weighted by Gasteiger charge is 2.25. The highest BCUT2D eigenvalue weighted by Crippen LogP contribution is 2.16. The van der Waals surface area contributed by atoms with Gasteiger partial charge in [0.1, 0.15) is 0 Å². The van der Waals surface area contributed by atoms with Crippen molar-refractivity contribution in [2.45, 2.75) is 31.8 Å². The third-order valence-corrected chi connectivity index (χ3v) is 1.58. The second-order valence-electron chi connectivity index (χ2n) is 2.63. The Kier molecular flexibility index (Phi) is 1.71. The van der Waals surface area contributed by atoms with E-state index < -0.39 is 0 Å². The number of nitrogens with two attached hydrogens (primary N) is 1. The first-order chi connectivity index (χ1) is 4.18. The molecule has 9 heavy (non-hydrogen) atoms. The molecule has 0 radical (unpaired) electrons. The Hall–Kier alpha value is -0.570. The fourth-order valence-electron chi connectivity index (χ4n) is 1.07. The maximum atomic E-state index is 10.4. The summed E-state index contributed by atoms with van der Waals surface area (Å²) in [6, 6.07) is 0.680. The van der Waals surface area contributed by atoms with Gasteiger partial charge in [-0.2, -0.15) is 0 Å². The molecule has 0 spiro atoms.